The number of terminal acetylenes is 1. The van der Waals surface area contributed by atoms with Crippen molar-refractivity contribution in [2.24, 2.45) is 0 Å². The Balaban J connectivity index is 1.72. The topological polar surface area (TPSA) is 108 Å². The molecule has 1 aromatic heterocycles. The summed E-state index contributed by atoms with van der Waals surface area (Å²) in [6.07, 6.45) is 8.96. The van der Waals surface area contributed by atoms with Crippen LogP contribution in [0, 0.1) is 12.3 Å². The highest BCUT2D eigenvalue weighted by Gasteiger charge is 2.27. The Morgan fingerprint density at radius 2 is 2.07 bits per heavy atom. The largest absolute Gasteiger partial charge is 0.480 e. The van der Waals surface area contributed by atoms with E-state index in [9.17, 15) is 14.7 Å². The van der Waals surface area contributed by atoms with E-state index in [1.54, 1.807) is 35.2 Å². The maximum absolute atomic E-state index is 12.0. The summed E-state index contributed by atoms with van der Waals surface area (Å²) >= 11 is 0. The smallest absolute Gasteiger partial charge is 0.415 e. The lowest BCUT2D eigenvalue weighted by atomic mass is 10.1. The van der Waals surface area contributed by atoms with E-state index in [-0.39, 0.29) is 19.1 Å². The molecule has 1 fully saturated rings. The van der Waals surface area contributed by atoms with Crippen LogP contribution in [0.4, 0.5) is 10.6 Å². The number of rotatable bonds is 8. The molecule has 9 nitrogen and oxygen atoms in total. The Morgan fingerprint density at radius 1 is 1.31 bits per heavy atom. The van der Waals surface area contributed by atoms with Crippen molar-refractivity contribution in [3.05, 3.63) is 48.4 Å². The third kappa shape index (κ3) is 5.21. The average molecular weight is 395 g/mol. The van der Waals surface area contributed by atoms with E-state index in [2.05, 4.69) is 21.3 Å². The number of likely N-dealkylation sites (tertiary alicyclic amines) is 1. The molecule has 150 valence electrons. The number of carbonyl (C=O) groups excluding carboxylic acids is 1. The summed E-state index contributed by atoms with van der Waals surface area (Å²) in [5.74, 6) is 2.19. The molecule has 1 saturated heterocycles. The van der Waals surface area contributed by atoms with Crippen LogP contribution in [-0.2, 0) is 11.2 Å². The Bertz CT molecular complexity index is 878. The number of hydrogen-bond acceptors (Lipinski definition) is 7. The van der Waals surface area contributed by atoms with Gasteiger partial charge in [-0.3, -0.25) is 5.01 Å². The highest BCUT2D eigenvalue weighted by Crippen LogP contribution is 2.19. The van der Waals surface area contributed by atoms with Crippen molar-refractivity contribution in [3.8, 4) is 18.1 Å². The molecule has 1 atom stereocenters. The molecule has 3 rings (SSSR count). The van der Waals surface area contributed by atoms with E-state index < -0.39 is 12.0 Å². The van der Waals surface area contributed by atoms with Gasteiger partial charge in [0.25, 0.3) is 0 Å². The maximum Gasteiger partial charge on any atom is 0.415 e. The van der Waals surface area contributed by atoms with Gasteiger partial charge in [0.2, 0.25) is 0 Å². The van der Waals surface area contributed by atoms with Gasteiger partial charge in [0, 0.05) is 31.8 Å². The molecule has 1 amide bonds. The second-order valence-corrected chi connectivity index (χ2v) is 6.39. The third-order valence-corrected chi connectivity index (χ3v) is 4.43. The maximum atomic E-state index is 12.0. The van der Waals surface area contributed by atoms with Crippen LogP contribution in [0.25, 0.3) is 0 Å². The molecule has 2 heterocycles. The molecule has 0 radical (unpaired) electrons. The third-order valence-electron chi connectivity index (χ3n) is 4.43. The van der Waals surface area contributed by atoms with Crippen molar-refractivity contribution in [1.29, 1.82) is 0 Å². The van der Waals surface area contributed by atoms with E-state index in [0.29, 0.717) is 24.7 Å². The molecular formula is C20H21N5O4. The average Bonchev–Trinajstić information content (AvgIpc) is 2.68. The monoisotopic (exact) mass is 395 g/mol. The molecule has 1 aromatic carbocycles. The summed E-state index contributed by atoms with van der Waals surface area (Å²) in [6.45, 7) is 1.56. The lowest BCUT2D eigenvalue weighted by molar-refractivity contribution is -0.138. The number of ether oxygens (including phenoxy) is 1. The lowest BCUT2D eigenvalue weighted by Crippen LogP contribution is -2.51. The molecule has 0 aliphatic carbocycles. The summed E-state index contributed by atoms with van der Waals surface area (Å²) in [5.41, 5.74) is 3.65. The van der Waals surface area contributed by atoms with Gasteiger partial charge in [-0.15, -0.1) is 6.42 Å². The van der Waals surface area contributed by atoms with Gasteiger partial charge in [0.05, 0.1) is 6.54 Å². The number of nitrogens with one attached hydrogen (secondary N) is 1. The minimum Gasteiger partial charge on any atom is -0.480 e. The van der Waals surface area contributed by atoms with Crippen molar-refractivity contribution in [2.75, 3.05) is 24.6 Å². The summed E-state index contributed by atoms with van der Waals surface area (Å²) in [4.78, 5) is 33.4. The molecule has 1 aliphatic heterocycles. The minimum atomic E-state index is -1.04. The number of benzene rings is 1. The summed E-state index contributed by atoms with van der Waals surface area (Å²) in [7, 11) is 0. The van der Waals surface area contributed by atoms with Gasteiger partial charge in [-0.25, -0.2) is 25.0 Å². The molecule has 0 spiro atoms. The second kappa shape index (κ2) is 9.52. The first-order chi connectivity index (χ1) is 14.1. The Hall–Kier alpha value is -3.64. The van der Waals surface area contributed by atoms with Crippen LogP contribution in [0.2, 0.25) is 0 Å². The summed E-state index contributed by atoms with van der Waals surface area (Å²) in [5, 5.41) is 11.2. The van der Waals surface area contributed by atoms with Crippen LogP contribution in [0.3, 0.4) is 0 Å². The van der Waals surface area contributed by atoms with Crippen LogP contribution >= 0.6 is 0 Å². The van der Waals surface area contributed by atoms with Crippen molar-refractivity contribution >= 4 is 17.9 Å². The Morgan fingerprint density at radius 3 is 2.62 bits per heavy atom. The summed E-state index contributed by atoms with van der Waals surface area (Å²) < 4.78 is 5.30. The van der Waals surface area contributed by atoms with Crippen LogP contribution in [-0.4, -0.2) is 57.7 Å². The number of anilines is 1. The number of aliphatic carboxylic acids is 1. The number of nitrogens with zero attached hydrogens (tertiary/aromatic N) is 4. The van der Waals surface area contributed by atoms with Crippen LogP contribution in [0.1, 0.15) is 12.0 Å². The van der Waals surface area contributed by atoms with E-state index in [1.807, 2.05) is 0 Å². The van der Waals surface area contributed by atoms with E-state index in [0.717, 1.165) is 12.0 Å². The van der Waals surface area contributed by atoms with Gasteiger partial charge in [-0.2, -0.15) is 0 Å². The van der Waals surface area contributed by atoms with Crippen molar-refractivity contribution in [1.82, 2.24) is 20.3 Å². The van der Waals surface area contributed by atoms with Crippen LogP contribution in [0.15, 0.2) is 42.9 Å². The normalized spacial score (nSPS) is 13.7. The Kier molecular flexibility index (Phi) is 6.60. The molecule has 9 heteroatoms. The van der Waals surface area contributed by atoms with Crippen molar-refractivity contribution < 1.29 is 19.4 Å². The molecule has 0 unspecified atom stereocenters. The van der Waals surface area contributed by atoms with Gasteiger partial charge >= 0.3 is 12.1 Å². The van der Waals surface area contributed by atoms with Crippen molar-refractivity contribution in [3.63, 3.8) is 0 Å². The first-order valence-corrected chi connectivity index (χ1v) is 9.09. The number of carboxylic acids is 1. The van der Waals surface area contributed by atoms with Gasteiger partial charge < -0.3 is 14.7 Å². The SMILES string of the molecule is C#CCNN(c1ccncn1)[C@@H](Cc1ccc(OC(=O)N2CCC2)cc1)C(=O)O. The van der Waals surface area contributed by atoms with Crippen LogP contribution < -0.4 is 15.2 Å². The number of carboxylic acid groups (broad SMARTS) is 1. The number of aromatic nitrogens is 2. The molecule has 2 aromatic rings. The lowest BCUT2D eigenvalue weighted by Gasteiger charge is -2.30. The number of hydrazine groups is 1. The second-order valence-electron chi connectivity index (χ2n) is 6.39. The molecule has 0 saturated carbocycles. The van der Waals surface area contributed by atoms with E-state index >= 15 is 0 Å². The van der Waals surface area contributed by atoms with E-state index in [1.165, 1.54) is 17.5 Å². The number of amides is 1. The molecule has 1 aliphatic rings. The first kappa shape index (κ1) is 20.1. The summed E-state index contributed by atoms with van der Waals surface area (Å²) in [6, 6.07) is 7.39. The number of carbonyl (C=O) groups is 2. The predicted octanol–water partition coefficient (Wildman–Crippen LogP) is 1.32. The fraction of sp³-hybridized carbons (Fsp3) is 0.300. The predicted molar refractivity (Wildman–Crippen MR) is 105 cm³/mol. The molecule has 2 N–H and O–H groups in total. The molecular weight excluding hydrogens is 374 g/mol. The van der Waals surface area contributed by atoms with E-state index in [4.69, 9.17) is 11.2 Å². The van der Waals surface area contributed by atoms with Gasteiger partial charge in [-0.1, -0.05) is 18.1 Å². The van der Waals surface area contributed by atoms with Crippen molar-refractivity contribution in [2.45, 2.75) is 18.9 Å². The van der Waals surface area contributed by atoms with Crippen LogP contribution in [0.5, 0.6) is 5.75 Å². The molecule has 0 bridgehead atoms. The zero-order valence-corrected chi connectivity index (χ0v) is 15.7. The van der Waals surface area contributed by atoms with Gasteiger partial charge in [-0.05, 0) is 24.1 Å². The zero-order valence-electron chi connectivity index (χ0n) is 15.7. The first-order valence-electron chi connectivity index (χ1n) is 9.09. The Labute approximate surface area is 168 Å². The van der Waals surface area contributed by atoms with Gasteiger partial charge in [0.1, 0.15) is 23.9 Å². The molecule has 29 heavy (non-hydrogen) atoms. The minimum absolute atomic E-state index is 0.138. The quantitative estimate of drug-likeness (QED) is 0.509. The standard InChI is InChI=1S/C20H21N5O4/c1-2-9-23-25(18-8-10-21-14-22-18)17(19(26)27)13-15-4-6-16(7-5-15)29-20(28)24-11-3-12-24/h1,4-8,10,14,17,23H,3,9,11-13H2,(H,26,27)/t17-/m0/s1. The zero-order chi connectivity index (χ0) is 20.6. The number of hydrogen-bond donors (Lipinski definition) is 2. The fourth-order valence-electron chi connectivity index (χ4n) is 2.78. The van der Waals surface area contributed by atoms with Gasteiger partial charge in [0.15, 0.2) is 0 Å². The highest BCUT2D eigenvalue weighted by molar-refractivity contribution is 5.78. The fourth-order valence-corrected chi connectivity index (χ4v) is 2.78. The highest BCUT2D eigenvalue weighted by atomic mass is 16.6.